The average Bonchev–Trinajstić information content (AvgIpc) is 3.20. The molecule has 1 fully saturated rings. The number of nitrogens with zero attached hydrogens (tertiary/aromatic N) is 1. The van der Waals surface area contributed by atoms with Crippen LogP contribution in [-0.4, -0.2) is 53.4 Å². The molecule has 0 unspecified atom stereocenters. The fraction of sp³-hybridized carbons (Fsp3) is 0.296. The van der Waals surface area contributed by atoms with Gasteiger partial charge in [0.05, 0.1) is 18.6 Å². The van der Waals surface area contributed by atoms with E-state index in [-0.39, 0.29) is 37.5 Å². The van der Waals surface area contributed by atoms with Crippen molar-refractivity contribution in [1.82, 2.24) is 4.90 Å². The maximum atomic E-state index is 13.1. The fourth-order valence-electron chi connectivity index (χ4n) is 4.67. The van der Waals surface area contributed by atoms with Gasteiger partial charge in [0.15, 0.2) is 0 Å². The van der Waals surface area contributed by atoms with Crippen LogP contribution in [0.15, 0.2) is 67.4 Å². The van der Waals surface area contributed by atoms with Gasteiger partial charge in [-0.25, -0.2) is 9.59 Å². The van der Waals surface area contributed by atoms with Gasteiger partial charge >= 0.3 is 12.1 Å². The Bertz CT molecular complexity index is 1230. The molecule has 0 radical (unpaired) electrons. The van der Waals surface area contributed by atoms with Crippen molar-refractivity contribution in [1.29, 1.82) is 0 Å². The third kappa shape index (κ3) is 4.57. The number of carbonyl (C=O) groups excluding carboxylic acids is 3. The molecule has 2 heterocycles. The van der Waals surface area contributed by atoms with Crippen molar-refractivity contribution in [2.75, 3.05) is 13.2 Å². The van der Waals surface area contributed by atoms with E-state index < -0.39 is 24.1 Å². The smallest absolute Gasteiger partial charge is 0.457 e. The second-order valence-electron chi connectivity index (χ2n) is 8.45. The summed E-state index contributed by atoms with van der Waals surface area (Å²) in [5.41, 5.74) is 2.48. The van der Waals surface area contributed by atoms with Crippen LogP contribution in [-0.2, 0) is 30.4 Å². The molecule has 2 aliphatic heterocycles. The Morgan fingerprint density at radius 2 is 1.80 bits per heavy atom. The minimum absolute atomic E-state index is 0.00643. The largest absolute Gasteiger partial charge is 0.508 e. The van der Waals surface area contributed by atoms with Crippen LogP contribution in [0.5, 0.6) is 0 Å². The monoisotopic (exact) mass is 477 g/mol. The van der Waals surface area contributed by atoms with Crippen molar-refractivity contribution in [2.45, 2.75) is 32.1 Å². The molecule has 2 aromatic rings. The number of aliphatic hydroxyl groups is 1. The van der Waals surface area contributed by atoms with E-state index in [1.165, 1.54) is 17.1 Å². The van der Waals surface area contributed by atoms with Gasteiger partial charge in [0.2, 0.25) is 5.91 Å². The van der Waals surface area contributed by atoms with Crippen molar-refractivity contribution in [3.05, 3.63) is 78.5 Å². The van der Waals surface area contributed by atoms with E-state index in [9.17, 15) is 19.5 Å². The van der Waals surface area contributed by atoms with Crippen LogP contribution in [0, 0.1) is 5.92 Å². The number of carbonyl (C=O) groups is 3. The molecule has 182 valence electrons. The summed E-state index contributed by atoms with van der Waals surface area (Å²) < 4.78 is 15.5. The Hall–Kier alpha value is -3.91. The molecule has 4 rings (SSSR count). The van der Waals surface area contributed by atoms with Gasteiger partial charge in [0.25, 0.3) is 0 Å². The van der Waals surface area contributed by atoms with E-state index >= 15 is 0 Å². The third-order valence-corrected chi connectivity index (χ3v) is 6.28. The Kier molecular flexibility index (Phi) is 7.02. The van der Waals surface area contributed by atoms with Crippen LogP contribution >= 0.6 is 0 Å². The van der Waals surface area contributed by atoms with Crippen LogP contribution in [0.2, 0.25) is 0 Å². The zero-order valence-corrected chi connectivity index (χ0v) is 19.4. The Labute approximate surface area is 203 Å². The van der Waals surface area contributed by atoms with Gasteiger partial charge in [-0.05, 0) is 52.9 Å². The van der Waals surface area contributed by atoms with Crippen molar-refractivity contribution in [3.8, 4) is 0 Å². The highest BCUT2D eigenvalue weighted by molar-refractivity contribution is 6.07. The van der Waals surface area contributed by atoms with Crippen LogP contribution in [0.4, 0.5) is 4.79 Å². The molecule has 0 aromatic heterocycles. The predicted octanol–water partition coefficient (Wildman–Crippen LogP) is 3.73. The first-order valence-electron chi connectivity index (χ1n) is 11.3. The highest BCUT2D eigenvalue weighted by atomic mass is 16.7. The molecular weight excluding hydrogens is 450 g/mol. The number of ether oxygens (including phenoxy) is 3. The first-order chi connectivity index (χ1) is 16.9. The number of rotatable bonds is 9. The molecule has 35 heavy (non-hydrogen) atoms. The van der Waals surface area contributed by atoms with Gasteiger partial charge in [-0.1, -0.05) is 49.6 Å². The van der Waals surface area contributed by atoms with E-state index in [0.717, 1.165) is 21.9 Å². The maximum absolute atomic E-state index is 13.1. The molecule has 1 amide bonds. The van der Waals surface area contributed by atoms with Gasteiger partial charge in [-0.3, -0.25) is 4.79 Å². The number of hydrogen-bond acceptors (Lipinski definition) is 7. The first-order valence-corrected chi connectivity index (χ1v) is 11.3. The number of hydrogen-bond donors (Lipinski definition) is 1. The second-order valence-corrected chi connectivity index (χ2v) is 8.45. The van der Waals surface area contributed by atoms with Crippen LogP contribution in [0.25, 0.3) is 16.3 Å². The first kappa shape index (κ1) is 24.2. The molecule has 8 nitrogen and oxygen atoms in total. The Balaban J connectivity index is 1.64. The fourth-order valence-corrected chi connectivity index (χ4v) is 4.67. The number of β-lactam (4-membered cyclic amide) rings is 1. The van der Waals surface area contributed by atoms with Gasteiger partial charge < -0.3 is 24.2 Å². The second kappa shape index (κ2) is 10.1. The summed E-state index contributed by atoms with van der Waals surface area (Å²) in [6.45, 7) is 8.66. The number of benzene rings is 2. The average molecular weight is 478 g/mol. The Morgan fingerprint density at radius 3 is 2.51 bits per heavy atom. The highest BCUT2D eigenvalue weighted by Crippen LogP contribution is 2.48. The van der Waals surface area contributed by atoms with E-state index in [1.807, 2.05) is 36.4 Å². The lowest BCUT2D eigenvalue weighted by atomic mass is 9.82. The van der Waals surface area contributed by atoms with Gasteiger partial charge in [0, 0.05) is 0 Å². The molecule has 1 saturated heterocycles. The molecule has 0 bridgehead atoms. The number of amides is 1. The number of esters is 1. The lowest BCUT2D eigenvalue weighted by Crippen LogP contribution is -2.62. The van der Waals surface area contributed by atoms with Crippen LogP contribution in [0.3, 0.4) is 0 Å². The van der Waals surface area contributed by atoms with Crippen molar-refractivity contribution in [2.24, 2.45) is 5.92 Å². The zero-order valence-electron chi connectivity index (χ0n) is 19.4. The topological polar surface area (TPSA) is 102 Å². The quantitative estimate of drug-likeness (QED) is 0.334. The predicted molar refractivity (Wildman–Crippen MR) is 129 cm³/mol. The lowest BCUT2D eigenvalue weighted by Gasteiger charge is -2.45. The number of fused-ring (bicyclic) bond motifs is 2. The third-order valence-electron chi connectivity index (χ3n) is 6.28. The van der Waals surface area contributed by atoms with Crippen LogP contribution < -0.4 is 0 Å². The normalized spacial score (nSPS) is 19.6. The molecule has 2 aliphatic rings. The van der Waals surface area contributed by atoms with E-state index in [0.29, 0.717) is 12.0 Å². The molecule has 0 saturated carbocycles. The summed E-state index contributed by atoms with van der Waals surface area (Å²) in [5.74, 6) is -1.53. The molecule has 0 spiro atoms. The molecule has 3 atom stereocenters. The van der Waals surface area contributed by atoms with Crippen molar-refractivity contribution in [3.63, 3.8) is 0 Å². The minimum Gasteiger partial charge on any atom is -0.457 e. The summed E-state index contributed by atoms with van der Waals surface area (Å²) in [4.78, 5) is 39.4. The van der Waals surface area contributed by atoms with Gasteiger partial charge in [-0.15, -0.1) is 0 Å². The standard InChI is InChI=1S/C27H27NO7/c1-4-10-33-26(31)24-21(20-9-8-18-12-17(15-29)6-7-19(18)13-20)14-22-23(25(30)28(22)24)16(3)35-27(32)34-11-5-2/h4-9,12-13,16,22-23,29H,1-2,10-11,14-15H2,3H3/t16-,22-,23-/m1/s1. The lowest BCUT2D eigenvalue weighted by molar-refractivity contribution is -0.162. The van der Waals surface area contributed by atoms with Crippen molar-refractivity contribution >= 4 is 34.4 Å². The number of aliphatic hydroxyl groups excluding tert-OH is 1. The van der Waals surface area contributed by atoms with Gasteiger partial charge in [0.1, 0.15) is 25.0 Å². The van der Waals surface area contributed by atoms with E-state index in [1.54, 1.807) is 6.92 Å². The van der Waals surface area contributed by atoms with E-state index in [4.69, 9.17) is 14.2 Å². The van der Waals surface area contributed by atoms with E-state index in [2.05, 4.69) is 13.2 Å². The maximum Gasteiger partial charge on any atom is 0.508 e. The molecule has 2 aromatic carbocycles. The summed E-state index contributed by atoms with van der Waals surface area (Å²) in [6, 6.07) is 11.0. The minimum atomic E-state index is -0.878. The molecule has 1 N–H and O–H groups in total. The van der Waals surface area contributed by atoms with Crippen LogP contribution in [0.1, 0.15) is 24.5 Å². The summed E-state index contributed by atoms with van der Waals surface area (Å²) >= 11 is 0. The zero-order chi connectivity index (χ0) is 25.1. The van der Waals surface area contributed by atoms with Gasteiger partial charge in [-0.2, -0.15) is 0 Å². The Morgan fingerprint density at radius 1 is 1.11 bits per heavy atom. The van der Waals surface area contributed by atoms with Crippen molar-refractivity contribution < 1.29 is 33.7 Å². The summed E-state index contributed by atoms with van der Waals surface area (Å²) in [7, 11) is 0. The summed E-state index contributed by atoms with van der Waals surface area (Å²) in [5, 5.41) is 11.3. The molecule has 8 heteroatoms. The SMILES string of the molecule is C=CCOC(=O)O[C@H](C)[C@H]1C(=O)N2C(C(=O)OCC=C)=C(c3ccc4cc(CO)ccc4c3)C[C@H]12. The highest BCUT2D eigenvalue weighted by Gasteiger charge is 2.58. The summed E-state index contributed by atoms with van der Waals surface area (Å²) in [6.07, 6.45) is 1.68. The molecular formula is C27H27NO7. The molecule has 0 aliphatic carbocycles.